The lowest BCUT2D eigenvalue weighted by Crippen LogP contribution is -2.38. The van der Waals surface area contributed by atoms with Gasteiger partial charge in [0.25, 0.3) is 5.91 Å². The topological polar surface area (TPSA) is 66.4 Å². The van der Waals surface area contributed by atoms with Crippen LogP contribution in [0.5, 0.6) is 0 Å². The van der Waals surface area contributed by atoms with Crippen LogP contribution in [-0.4, -0.2) is 23.0 Å². The molecule has 27 heavy (non-hydrogen) atoms. The largest absolute Gasteiger partial charge is 0.481 e. The van der Waals surface area contributed by atoms with E-state index in [0.717, 1.165) is 12.1 Å². The smallest absolute Gasteiger partial charge is 0.306 e. The van der Waals surface area contributed by atoms with Crippen molar-refractivity contribution in [2.24, 2.45) is 5.92 Å². The number of halogens is 3. The summed E-state index contributed by atoms with van der Waals surface area (Å²) in [5.74, 6) is -5.52. The summed E-state index contributed by atoms with van der Waals surface area (Å²) in [5.41, 5.74) is 0.999. The molecule has 0 aromatic heterocycles. The van der Waals surface area contributed by atoms with E-state index < -0.39 is 23.4 Å². The molecule has 2 aromatic carbocycles. The molecule has 0 atom stereocenters. The Kier molecular flexibility index (Phi) is 5.48. The molecule has 1 fully saturated rings. The summed E-state index contributed by atoms with van der Waals surface area (Å²) in [6, 6.07) is 7.82. The molecule has 1 aliphatic carbocycles. The van der Waals surface area contributed by atoms with Crippen molar-refractivity contribution in [2.45, 2.75) is 31.7 Å². The van der Waals surface area contributed by atoms with Gasteiger partial charge < -0.3 is 10.4 Å². The zero-order valence-corrected chi connectivity index (χ0v) is 14.3. The number of hydrogen-bond donors (Lipinski definition) is 2. The minimum atomic E-state index is -1.52. The number of rotatable bonds is 4. The van der Waals surface area contributed by atoms with E-state index in [1.54, 1.807) is 0 Å². The maximum atomic E-state index is 13.4. The maximum absolute atomic E-state index is 13.4. The van der Waals surface area contributed by atoms with Gasteiger partial charge in [0.05, 0.1) is 5.92 Å². The summed E-state index contributed by atoms with van der Waals surface area (Å²) in [6.07, 6.45) is 2.27. The van der Waals surface area contributed by atoms with Crippen LogP contribution in [0.1, 0.15) is 36.0 Å². The van der Waals surface area contributed by atoms with E-state index in [0.29, 0.717) is 36.8 Å². The van der Waals surface area contributed by atoms with Gasteiger partial charge in [-0.1, -0.05) is 12.1 Å². The molecule has 0 bridgehead atoms. The maximum Gasteiger partial charge on any atom is 0.306 e. The SMILES string of the molecule is O=C(NC1CCC(C(=O)O)CC1)c1ccc(-c2cc(F)c(F)c(F)c2)cc1. The summed E-state index contributed by atoms with van der Waals surface area (Å²) in [5, 5.41) is 11.9. The Morgan fingerprint density at radius 1 is 0.889 bits per heavy atom. The molecule has 0 spiro atoms. The molecule has 0 heterocycles. The molecule has 1 aliphatic rings. The van der Waals surface area contributed by atoms with E-state index in [1.165, 1.54) is 24.3 Å². The molecule has 7 heteroatoms. The summed E-state index contributed by atoms with van der Waals surface area (Å²) in [7, 11) is 0. The third-order valence-corrected chi connectivity index (χ3v) is 4.88. The molecule has 0 unspecified atom stereocenters. The first-order valence-corrected chi connectivity index (χ1v) is 8.64. The van der Waals surface area contributed by atoms with Crippen LogP contribution in [-0.2, 0) is 4.79 Å². The number of carbonyl (C=O) groups is 2. The Labute approximate surface area is 154 Å². The molecule has 142 valence electrons. The summed E-state index contributed by atoms with van der Waals surface area (Å²) in [4.78, 5) is 23.3. The van der Waals surface area contributed by atoms with Gasteiger partial charge in [-0.2, -0.15) is 0 Å². The Morgan fingerprint density at radius 2 is 1.44 bits per heavy atom. The minimum Gasteiger partial charge on any atom is -0.481 e. The second kappa shape index (κ2) is 7.82. The van der Waals surface area contributed by atoms with Crippen LogP contribution < -0.4 is 5.32 Å². The number of amides is 1. The summed E-state index contributed by atoms with van der Waals surface area (Å²) >= 11 is 0. The van der Waals surface area contributed by atoms with Crippen LogP contribution >= 0.6 is 0 Å². The van der Waals surface area contributed by atoms with E-state index in [9.17, 15) is 22.8 Å². The van der Waals surface area contributed by atoms with Crippen LogP contribution in [0.4, 0.5) is 13.2 Å². The molecule has 4 nitrogen and oxygen atoms in total. The third kappa shape index (κ3) is 4.30. The number of carboxylic acids is 1. The second-order valence-corrected chi connectivity index (χ2v) is 6.69. The normalized spacial score (nSPS) is 19.5. The predicted molar refractivity (Wildman–Crippen MR) is 92.6 cm³/mol. The number of benzene rings is 2. The molecule has 3 rings (SSSR count). The lowest BCUT2D eigenvalue weighted by molar-refractivity contribution is -0.142. The highest BCUT2D eigenvalue weighted by Crippen LogP contribution is 2.26. The number of nitrogens with one attached hydrogen (secondary N) is 1. The van der Waals surface area contributed by atoms with E-state index >= 15 is 0 Å². The van der Waals surface area contributed by atoms with Gasteiger partial charge in [0.15, 0.2) is 17.5 Å². The van der Waals surface area contributed by atoms with E-state index in [1.807, 2.05) is 0 Å². The van der Waals surface area contributed by atoms with Crippen LogP contribution in [0, 0.1) is 23.4 Å². The summed E-state index contributed by atoms with van der Waals surface area (Å²) < 4.78 is 39.8. The quantitative estimate of drug-likeness (QED) is 0.787. The van der Waals surface area contributed by atoms with Crippen molar-refractivity contribution < 1.29 is 27.9 Å². The van der Waals surface area contributed by atoms with Crippen molar-refractivity contribution in [1.82, 2.24) is 5.32 Å². The van der Waals surface area contributed by atoms with Crippen LogP contribution in [0.15, 0.2) is 36.4 Å². The number of hydrogen-bond acceptors (Lipinski definition) is 2. The molecular formula is C20H18F3NO3. The van der Waals surface area contributed by atoms with Gasteiger partial charge in [-0.25, -0.2) is 13.2 Å². The highest BCUT2D eigenvalue weighted by atomic mass is 19.2. The standard InChI is InChI=1S/C20H18F3NO3/c21-16-9-14(10-17(22)18(16)23)11-1-3-12(4-2-11)19(25)24-15-7-5-13(6-8-15)20(26)27/h1-4,9-10,13,15H,5-8H2,(H,24,25)(H,26,27). The molecule has 0 aliphatic heterocycles. The molecule has 0 saturated heterocycles. The van der Waals surface area contributed by atoms with Gasteiger partial charge >= 0.3 is 5.97 Å². The zero-order valence-electron chi connectivity index (χ0n) is 14.3. The lowest BCUT2D eigenvalue weighted by Gasteiger charge is -2.26. The highest BCUT2D eigenvalue weighted by Gasteiger charge is 2.26. The van der Waals surface area contributed by atoms with Gasteiger partial charge in [0.2, 0.25) is 0 Å². The molecular weight excluding hydrogens is 359 g/mol. The fourth-order valence-electron chi connectivity index (χ4n) is 3.29. The summed E-state index contributed by atoms with van der Waals surface area (Å²) in [6.45, 7) is 0. The van der Waals surface area contributed by atoms with Crippen molar-refractivity contribution in [3.63, 3.8) is 0 Å². The zero-order chi connectivity index (χ0) is 19.6. The van der Waals surface area contributed by atoms with E-state index in [-0.39, 0.29) is 23.4 Å². The Balaban J connectivity index is 1.65. The van der Waals surface area contributed by atoms with Crippen LogP contribution in [0.25, 0.3) is 11.1 Å². The fraction of sp³-hybridized carbons (Fsp3) is 0.300. The Hall–Kier alpha value is -2.83. The predicted octanol–water partition coefficient (Wildman–Crippen LogP) is 4.14. The molecule has 1 amide bonds. The second-order valence-electron chi connectivity index (χ2n) is 6.69. The Morgan fingerprint density at radius 3 is 1.96 bits per heavy atom. The average Bonchev–Trinajstić information content (AvgIpc) is 2.66. The van der Waals surface area contributed by atoms with Gasteiger partial charge in [-0.3, -0.25) is 9.59 Å². The van der Waals surface area contributed by atoms with E-state index in [2.05, 4.69) is 5.32 Å². The van der Waals surface area contributed by atoms with Crippen LogP contribution in [0.2, 0.25) is 0 Å². The van der Waals surface area contributed by atoms with Crippen molar-refractivity contribution >= 4 is 11.9 Å². The average molecular weight is 377 g/mol. The van der Waals surface area contributed by atoms with Gasteiger partial charge in [0, 0.05) is 11.6 Å². The van der Waals surface area contributed by atoms with Crippen molar-refractivity contribution in [2.75, 3.05) is 0 Å². The molecule has 2 N–H and O–H groups in total. The number of carboxylic acid groups (broad SMARTS) is 1. The monoisotopic (exact) mass is 377 g/mol. The van der Waals surface area contributed by atoms with Gasteiger partial charge in [-0.05, 0) is 61.1 Å². The van der Waals surface area contributed by atoms with Gasteiger partial charge in [-0.15, -0.1) is 0 Å². The molecule has 1 saturated carbocycles. The van der Waals surface area contributed by atoms with Gasteiger partial charge in [0.1, 0.15) is 0 Å². The molecule has 2 aromatic rings. The third-order valence-electron chi connectivity index (χ3n) is 4.88. The van der Waals surface area contributed by atoms with Crippen LogP contribution in [0.3, 0.4) is 0 Å². The van der Waals surface area contributed by atoms with Crippen molar-refractivity contribution in [3.05, 3.63) is 59.4 Å². The first kappa shape index (κ1) is 18.9. The van der Waals surface area contributed by atoms with Crippen molar-refractivity contribution in [3.8, 4) is 11.1 Å². The number of carbonyl (C=O) groups excluding carboxylic acids is 1. The minimum absolute atomic E-state index is 0.0759. The number of aliphatic carboxylic acids is 1. The van der Waals surface area contributed by atoms with Crippen molar-refractivity contribution in [1.29, 1.82) is 0 Å². The fourth-order valence-corrected chi connectivity index (χ4v) is 3.29. The highest BCUT2D eigenvalue weighted by molar-refractivity contribution is 5.94. The first-order valence-electron chi connectivity index (χ1n) is 8.64. The van der Waals surface area contributed by atoms with E-state index in [4.69, 9.17) is 5.11 Å². The lowest BCUT2D eigenvalue weighted by atomic mass is 9.86. The first-order chi connectivity index (χ1) is 12.8. The molecule has 0 radical (unpaired) electrons. The Bertz CT molecular complexity index is 836.